The number of hydrogen-bond donors (Lipinski definition) is 0. The van der Waals surface area contributed by atoms with Crippen LogP contribution in [0.4, 0.5) is 0 Å². The van der Waals surface area contributed by atoms with Crippen molar-refractivity contribution in [3.8, 4) is 0 Å². The van der Waals surface area contributed by atoms with Gasteiger partial charge in [0.1, 0.15) is 12.4 Å². The Bertz CT molecular complexity index is 269. The van der Waals surface area contributed by atoms with Gasteiger partial charge in [-0.05, 0) is 11.6 Å². The van der Waals surface area contributed by atoms with Crippen molar-refractivity contribution >= 4 is 6.08 Å². The normalized spacial score (nSPS) is 19.5. The van der Waals surface area contributed by atoms with Crippen LogP contribution in [0.25, 0.3) is 6.08 Å². The molecule has 1 aromatic carbocycles. The SMILES string of the molecule is C(=C1COCO1)c1ccccc1. The quantitative estimate of drug-likeness (QED) is 0.629. The fourth-order valence-corrected chi connectivity index (χ4v) is 1.12. The Morgan fingerprint density at radius 2 is 2.00 bits per heavy atom. The number of ether oxygens (including phenoxy) is 2. The molecule has 1 saturated heterocycles. The Hall–Kier alpha value is -1.28. The Morgan fingerprint density at radius 3 is 2.67 bits per heavy atom. The Balaban J connectivity index is 2.16. The molecule has 1 aromatic rings. The topological polar surface area (TPSA) is 18.5 Å². The minimum atomic E-state index is 0.388. The van der Waals surface area contributed by atoms with Gasteiger partial charge in [0.15, 0.2) is 6.79 Å². The highest BCUT2D eigenvalue weighted by Gasteiger charge is 2.06. The summed E-state index contributed by atoms with van der Waals surface area (Å²) in [7, 11) is 0. The maximum absolute atomic E-state index is 5.20. The van der Waals surface area contributed by atoms with Crippen LogP contribution in [0.3, 0.4) is 0 Å². The molecule has 1 aliphatic heterocycles. The van der Waals surface area contributed by atoms with Crippen LogP contribution in [0.2, 0.25) is 0 Å². The van der Waals surface area contributed by atoms with E-state index in [4.69, 9.17) is 9.47 Å². The van der Waals surface area contributed by atoms with Crippen molar-refractivity contribution in [1.29, 1.82) is 0 Å². The Morgan fingerprint density at radius 1 is 1.17 bits per heavy atom. The zero-order valence-electron chi connectivity index (χ0n) is 6.69. The minimum absolute atomic E-state index is 0.388. The van der Waals surface area contributed by atoms with Gasteiger partial charge in [-0.1, -0.05) is 30.3 Å². The molecule has 0 atom stereocenters. The molecular weight excluding hydrogens is 152 g/mol. The van der Waals surface area contributed by atoms with E-state index in [0.29, 0.717) is 13.4 Å². The lowest BCUT2D eigenvalue weighted by molar-refractivity contribution is 0.0804. The molecule has 62 valence electrons. The Kier molecular flexibility index (Phi) is 2.10. The average Bonchev–Trinajstić information content (AvgIpc) is 2.59. The van der Waals surface area contributed by atoms with Gasteiger partial charge < -0.3 is 9.47 Å². The molecule has 0 bridgehead atoms. The van der Waals surface area contributed by atoms with Gasteiger partial charge in [0, 0.05) is 0 Å². The van der Waals surface area contributed by atoms with Crippen LogP contribution < -0.4 is 0 Å². The van der Waals surface area contributed by atoms with Crippen molar-refractivity contribution in [2.45, 2.75) is 0 Å². The molecule has 1 fully saturated rings. The molecule has 0 unspecified atom stereocenters. The second kappa shape index (κ2) is 3.41. The molecule has 2 heteroatoms. The highest BCUT2D eigenvalue weighted by Crippen LogP contribution is 2.12. The fraction of sp³-hybridized carbons (Fsp3) is 0.200. The number of hydrogen-bond acceptors (Lipinski definition) is 2. The van der Waals surface area contributed by atoms with Crippen molar-refractivity contribution in [1.82, 2.24) is 0 Å². The van der Waals surface area contributed by atoms with Crippen LogP contribution in [-0.4, -0.2) is 13.4 Å². The van der Waals surface area contributed by atoms with E-state index in [9.17, 15) is 0 Å². The summed E-state index contributed by atoms with van der Waals surface area (Å²) < 4.78 is 10.2. The summed E-state index contributed by atoms with van der Waals surface area (Å²) in [6.45, 7) is 0.980. The van der Waals surface area contributed by atoms with Gasteiger partial charge in [0.05, 0.1) is 0 Å². The molecule has 0 radical (unpaired) electrons. The van der Waals surface area contributed by atoms with E-state index in [1.165, 1.54) is 0 Å². The molecule has 0 N–H and O–H groups in total. The predicted molar refractivity (Wildman–Crippen MR) is 46.3 cm³/mol. The van der Waals surface area contributed by atoms with Crippen LogP contribution in [0, 0.1) is 0 Å². The third-order valence-electron chi connectivity index (χ3n) is 1.70. The van der Waals surface area contributed by atoms with Crippen molar-refractivity contribution in [2.75, 3.05) is 13.4 Å². The van der Waals surface area contributed by atoms with Crippen molar-refractivity contribution in [3.63, 3.8) is 0 Å². The van der Waals surface area contributed by atoms with E-state index in [1.807, 2.05) is 36.4 Å². The van der Waals surface area contributed by atoms with Crippen molar-refractivity contribution in [3.05, 3.63) is 41.7 Å². The monoisotopic (exact) mass is 162 g/mol. The summed E-state index contributed by atoms with van der Waals surface area (Å²) in [4.78, 5) is 0. The van der Waals surface area contributed by atoms with Gasteiger partial charge in [-0.2, -0.15) is 0 Å². The molecule has 2 rings (SSSR count). The first-order valence-electron chi connectivity index (χ1n) is 3.91. The summed E-state index contributed by atoms with van der Waals surface area (Å²) in [6.07, 6.45) is 1.99. The lowest BCUT2D eigenvalue weighted by atomic mass is 10.2. The summed E-state index contributed by atoms with van der Waals surface area (Å²) in [5, 5.41) is 0. The van der Waals surface area contributed by atoms with E-state index in [-0.39, 0.29) is 0 Å². The van der Waals surface area contributed by atoms with Crippen LogP contribution in [0.15, 0.2) is 36.1 Å². The second-order valence-corrected chi connectivity index (χ2v) is 2.63. The average molecular weight is 162 g/mol. The second-order valence-electron chi connectivity index (χ2n) is 2.63. The number of rotatable bonds is 1. The third-order valence-corrected chi connectivity index (χ3v) is 1.70. The zero-order valence-corrected chi connectivity index (χ0v) is 6.69. The van der Waals surface area contributed by atoms with Crippen LogP contribution in [0.1, 0.15) is 5.56 Å². The van der Waals surface area contributed by atoms with Gasteiger partial charge in [-0.25, -0.2) is 0 Å². The van der Waals surface area contributed by atoms with Gasteiger partial charge in [0.25, 0.3) is 0 Å². The Labute approximate surface area is 71.4 Å². The standard InChI is InChI=1S/C10H10O2/c1-2-4-9(5-3-1)6-10-7-11-8-12-10/h1-6H,7-8H2. The third kappa shape index (κ3) is 1.66. The molecule has 0 spiro atoms. The molecule has 0 amide bonds. The summed E-state index contributed by atoms with van der Waals surface area (Å²) in [6, 6.07) is 10.1. The van der Waals surface area contributed by atoms with Gasteiger partial charge in [-0.15, -0.1) is 0 Å². The molecule has 12 heavy (non-hydrogen) atoms. The largest absolute Gasteiger partial charge is 0.469 e. The maximum atomic E-state index is 5.20. The van der Waals surface area contributed by atoms with E-state index >= 15 is 0 Å². The number of benzene rings is 1. The molecule has 0 aliphatic carbocycles. The predicted octanol–water partition coefficient (Wildman–Crippen LogP) is 2.03. The highest BCUT2D eigenvalue weighted by molar-refractivity contribution is 5.51. The van der Waals surface area contributed by atoms with Crippen LogP contribution >= 0.6 is 0 Å². The van der Waals surface area contributed by atoms with Gasteiger partial charge in [-0.3, -0.25) is 0 Å². The molecule has 0 aromatic heterocycles. The zero-order chi connectivity index (χ0) is 8.23. The first-order chi connectivity index (χ1) is 5.95. The van der Waals surface area contributed by atoms with E-state index in [2.05, 4.69) is 0 Å². The van der Waals surface area contributed by atoms with Crippen molar-refractivity contribution < 1.29 is 9.47 Å². The van der Waals surface area contributed by atoms with E-state index in [0.717, 1.165) is 11.3 Å². The van der Waals surface area contributed by atoms with Crippen LogP contribution in [0.5, 0.6) is 0 Å². The van der Waals surface area contributed by atoms with Crippen LogP contribution in [-0.2, 0) is 9.47 Å². The summed E-state index contributed by atoms with van der Waals surface area (Å²) in [5.41, 5.74) is 1.15. The fourth-order valence-electron chi connectivity index (χ4n) is 1.12. The van der Waals surface area contributed by atoms with Gasteiger partial charge in [0.2, 0.25) is 0 Å². The molecule has 1 aliphatic rings. The first kappa shape index (κ1) is 7.37. The van der Waals surface area contributed by atoms with Gasteiger partial charge >= 0.3 is 0 Å². The molecule has 2 nitrogen and oxygen atoms in total. The molecular formula is C10H10O2. The summed E-state index contributed by atoms with van der Waals surface area (Å²) >= 11 is 0. The highest BCUT2D eigenvalue weighted by atomic mass is 16.7. The lowest BCUT2D eigenvalue weighted by Gasteiger charge is -1.95. The maximum Gasteiger partial charge on any atom is 0.189 e. The first-order valence-corrected chi connectivity index (χ1v) is 3.91. The lowest BCUT2D eigenvalue weighted by Crippen LogP contribution is -1.82. The molecule has 1 heterocycles. The summed E-state index contributed by atoms with van der Waals surface area (Å²) in [5.74, 6) is 0.904. The minimum Gasteiger partial charge on any atom is -0.469 e. The molecule has 0 saturated carbocycles. The van der Waals surface area contributed by atoms with E-state index < -0.39 is 0 Å². The smallest absolute Gasteiger partial charge is 0.189 e. The van der Waals surface area contributed by atoms with Crippen molar-refractivity contribution in [2.24, 2.45) is 0 Å². The van der Waals surface area contributed by atoms with E-state index in [1.54, 1.807) is 0 Å².